The molecule has 0 fully saturated rings. The third-order valence-electron chi connectivity index (χ3n) is 2.51. The molecule has 0 radical (unpaired) electrons. The van der Waals surface area contributed by atoms with Crippen LogP contribution in [0, 0.1) is 0 Å². The first-order chi connectivity index (χ1) is 8.25. The number of allylic oxidation sites excluding steroid dienone is 1. The normalized spacial score (nSPS) is 10.8. The summed E-state index contributed by atoms with van der Waals surface area (Å²) in [6, 6.07) is 14.7. The molecule has 86 valence electrons. The standard InChI is InChI=1S/C15H14O2/c16-14-10-9-13(15(17)11-14)8-4-7-12-5-2-1-3-6-12/h1-6,8-11,16-17H,7H2. The van der Waals surface area contributed by atoms with Crippen molar-refractivity contribution in [1.29, 1.82) is 0 Å². The Morgan fingerprint density at radius 2 is 1.71 bits per heavy atom. The predicted octanol–water partition coefficient (Wildman–Crippen LogP) is 3.35. The van der Waals surface area contributed by atoms with Crippen LogP contribution in [-0.4, -0.2) is 10.2 Å². The average Bonchev–Trinajstić information content (AvgIpc) is 2.33. The minimum Gasteiger partial charge on any atom is -0.508 e. The molecule has 0 aliphatic rings. The summed E-state index contributed by atoms with van der Waals surface area (Å²) in [5.74, 6) is 0.164. The molecule has 0 unspecified atom stereocenters. The van der Waals surface area contributed by atoms with Crippen molar-refractivity contribution in [3.63, 3.8) is 0 Å². The van der Waals surface area contributed by atoms with E-state index in [9.17, 15) is 5.11 Å². The Bertz CT molecular complexity index is 516. The fourth-order valence-electron chi connectivity index (χ4n) is 1.61. The van der Waals surface area contributed by atoms with Crippen molar-refractivity contribution in [2.75, 3.05) is 0 Å². The second kappa shape index (κ2) is 5.21. The third kappa shape index (κ3) is 3.11. The number of phenols is 2. The van der Waals surface area contributed by atoms with Crippen molar-refractivity contribution in [2.45, 2.75) is 6.42 Å². The van der Waals surface area contributed by atoms with Crippen LogP contribution in [0.25, 0.3) is 6.08 Å². The van der Waals surface area contributed by atoms with Gasteiger partial charge in [-0.1, -0.05) is 42.5 Å². The second-order valence-electron chi connectivity index (χ2n) is 3.84. The van der Waals surface area contributed by atoms with Gasteiger partial charge in [0.15, 0.2) is 0 Å². The first-order valence-electron chi connectivity index (χ1n) is 5.48. The quantitative estimate of drug-likeness (QED) is 0.842. The van der Waals surface area contributed by atoms with E-state index in [4.69, 9.17) is 5.11 Å². The molecule has 0 saturated heterocycles. The lowest BCUT2D eigenvalue weighted by Crippen LogP contribution is -1.79. The maximum Gasteiger partial charge on any atom is 0.126 e. The van der Waals surface area contributed by atoms with E-state index in [-0.39, 0.29) is 11.5 Å². The zero-order chi connectivity index (χ0) is 12.1. The summed E-state index contributed by atoms with van der Waals surface area (Å²) in [6.07, 6.45) is 4.66. The Morgan fingerprint density at radius 1 is 0.941 bits per heavy atom. The number of benzene rings is 2. The summed E-state index contributed by atoms with van der Waals surface area (Å²) in [5, 5.41) is 18.7. The molecular weight excluding hydrogens is 212 g/mol. The van der Waals surface area contributed by atoms with Gasteiger partial charge in [-0.3, -0.25) is 0 Å². The van der Waals surface area contributed by atoms with E-state index < -0.39 is 0 Å². The van der Waals surface area contributed by atoms with Gasteiger partial charge in [-0.15, -0.1) is 0 Å². The number of hydrogen-bond acceptors (Lipinski definition) is 2. The highest BCUT2D eigenvalue weighted by Gasteiger charge is 1.97. The van der Waals surface area contributed by atoms with Gasteiger partial charge in [0, 0.05) is 11.6 Å². The molecule has 2 N–H and O–H groups in total. The van der Waals surface area contributed by atoms with Crippen molar-refractivity contribution >= 4 is 6.08 Å². The number of phenolic OH excluding ortho intramolecular Hbond substituents is 2. The number of hydrogen-bond donors (Lipinski definition) is 2. The third-order valence-corrected chi connectivity index (χ3v) is 2.51. The fourth-order valence-corrected chi connectivity index (χ4v) is 1.61. The minimum absolute atomic E-state index is 0.0720. The first-order valence-corrected chi connectivity index (χ1v) is 5.48. The van der Waals surface area contributed by atoms with E-state index in [1.54, 1.807) is 12.1 Å². The van der Waals surface area contributed by atoms with Gasteiger partial charge in [0.25, 0.3) is 0 Å². The second-order valence-corrected chi connectivity index (χ2v) is 3.84. The fraction of sp³-hybridized carbons (Fsp3) is 0.0667. The maximum atomic E-state index is 9.58. The molecule has 0 aromatic heterocycles. The maximum absolute atomic E-state index is 9.58. The monoisotopic (exact) mass is 226 g/mol. The topological polar surface area (TPSA) is 40.5 Å². The summed E-state index contributed by atoms with van der Waals surface area (Å²) in [5.41, 5.74) is 1.93. The smallest absolute Gasteiger partial charge is 0.126 e. The van der Waals surface area contributed by atoms with Crippen molar-refractivity contribution in [2.24, 2.45) is 0 Å². The van der Waals surface area contributed by atoms with E-state index in [1.807, 2.05) is 30.4 Å². The summed E-state index contributed by atoms with van der Waals surface area (Å²) < 4.78 is 0. The largest absolute Gasteiger partial charge is 0.508 e. The van der Waals surface area contributed by atoms with E-state index in [2.05, 4.69) is 12.1 Å². The van der Waals surface area contributed by atoms with Crippen LogP contribution in [0.3, 0.4) is 0 Å². The van der Waals surface area contributed by atoms with Crippen LogP contribution in [0.1, 0.15) is 11.1 Å². The van der Waals surface area contributed by atoms with E-state index in [1.165, 1.54) is 11.6 Å². The van der Waals surface area contributed by atoms with Gasteiger partial charge in [0.05, 0.1) is 0 Å². The van der Waals surface area contributed by atoms with Crippen LogP contribution in [0.2, 0.25) is 0 Å². The molecule has 0 saturated carbocycles. The van der Waals surface area contributed by atoms with E-state index in [0.29, 0.717) is 5.56 Å². The van der Waals surface area contributed by atoms with Crippen molar-refractivity contribution in [1.82, 2.24) is 0 Å². The SMILES string of the molecule is Oc1ccc(C=CCc2ccccc2)c(O)c1. The molecule has 0 aliphatic heterocycles. The lowest BCUT2D eigenvalue weighted by atomic mass is 10.1. The molecule has 2 rings (SSSR count). The molecule has 0 bridgehead atoms. The first kappa shape index (κ1) is 11.3. The molecule has 0 heterocycles. The summed E-state index contributed by atoms with van der Waals surface area (Å²) in [7, 11) is 0. The minimum atomic E-state index is 0.0720. The van der Waals surface area contributed by atoms with Gasteiger partial charge in [0.2, 0.25) is 0 Å². The zero-order valence-corrected chi connectivity index (χ0v) is 9.38. The average molecular weight is 226 g/mol. The van der Waals surface area contributed by atoms with E-state index in [0.717, 1.165) is 6.42 Å². The Balaban J connectivity index is 2.06. The summed E-state index contributed by atoms with van der Waals surface area (Å²) in [6.45, 7) is 0. The highest BCUT2D eigenvalue weighted by Crippen LogP contribution is 2.23. The zero-order valence-electron chi connectivity index (χ0n) is 9.38. The predicted molar refractivity (Wildman–Crippen MR) is 69.0 cm³/mol. The number of aromatic hydroxyl groups is 2. The Labute approximate surface area is 100 Å². The van der Waals surface area contributed by atoms with Crippen LogP contribution in [-0.2, 0) is 6.42 Å². The van der Waals surface area contributed by atoms with Gasteiger partial charge >= 0.3 is 0 Å². The molecule has 2 heteroatoms. The Morgan fingerprint density at radius 3 is 2.41 bits per heavy atom. The highest BCUT2D eigenvalue weighted by atomic mass is 16.3. The molecule has 0 spiro atoms. The van der Waals surface area contributed by atoms with Gasteiger partial charge in [-0.05, 0) is 24.1 Å². The molecule has 2 aromatic carbocycles. The number of rotatable bonds is 3. The van der Waals surface area contributed by atoms with Crippen LogP contribution in [0.4, 0.5) is 0 Å². The van der Waals surface area contributed by atoms with E-state index >= 15 is 0 Å². The van der Waals surface area contributed by atoms with Gasteiger partial charge < -0.3 is 10.2 Å². The van der Waals surface area contributed by atoms with Crippen molar-refractivity contribution in [3.8, 4) is 11.5 Å². The molecule has 0 aliphatic carbocycles. The summed E-state index contributed by atoms with van der Waals surface area (Å²) >= 11 is 0. The molecule has 2 nitrogen and oxygen atoms in total. The molecule has 0 atom stereocenters. The molecule has 17 heavy (non-hydrogen) atoms. The van der Waals surface area contributed by atoms with Crippen LogP contribution in [0.5, 0.6) is 11.5 Å². The van der Waals surface area contributed by atoms with Gasteiger partial charge in [-0.2, -0.15) is 0 Å². The van der Waals surface area contributed by atoms with Crippen LogP contribution in [0.15, 0.2) is 54.6 Å². The van der Waals surface area contributed by atoms with Crippen molar-refractivity contribution in [3.05, 3.63) is 65.7 Å². The lowest BCUT2D eigenvalue weighted by molar-refractivity contribution is 0.450. The molecular formula is C15H14O2. The Hall–Kier alpha value is -2.22. The van der Waals surface area contributed by atoms with Crippen molar-refractivity contribution < 1.29 is 10.2 Å². The van der Waals surface area contributed by atoms with Crippen LogP contribution < -0.4 is 0 Å². The summed E-state index contributed by atoms with van der Waals surface area (Å²) in [4.78, 5) is 0. The van der Waals surface area contributed by atoms with Gasteiger partial charge in [0.1, 0.15) is 11.5 Å². The van der Waals surface area contributed by atoms with Gasteiger partial charge in [-0.25, -0.2) is 0 Å². The van der Waals surface area contributed by atoms with Crippen LogP contribution >= 0.6 is 0 Å². The highest BCUT2D eigenvalue weighted by molar-refractivity contribution is 5.58. The Kier molecular flexibility index (Phi) is 3.46. The molecule has 0 amide bonds. The molecule has 2 aromatic rings. The lowest BCUT2D eigenvalue weighted by Gasteiger charge is -1.99.